The highest BCUT2D eigenvalue weighted by atomic mass is 28.1. The summed E-state index contributed by atoms with van der Waals surface area (Å²) < 4.78 is 5.50. The van der Waals surface area contributed by atoms with Crippen LogP contribution in [0.15, 0.2) is 0 Å². The van der Waals surface area contributed by atoms with Crippen LogP contribution in [0.3, 0.4) is 0 Å². The summed E-state index contributed by atoms with van der Waals surface area (Å²) in [5.74, 6) is 0.498. The Hall–Kier alpha value is -0.313. The minimum absolute atomic E-state index is 0.0451. The normalized spacial score (nSPS) is 15.8. The van der Waals surface area contributed by atoms with E-state index in [2.05, 4.69) is 27.7 Å². The second kappa shape index (κ2) is 11.4. The fourth-order valence-electron chi connectivity index (χ4n) is 2.32. The number of carbonyl (C=O) groups excluding carboxylic acids is 1. The standard InChI is InChI=1S/C17H36O2Si/c1-5-7-9-11-13-15(3)17(4,20)16(18)19-14-12-10-8-6-2/h15H,5-14H2,1-4,20H3. The molecule has 0 spiro atoms. The number of carbonyl (C=O) groups is 1. The van der Waals surface area contributed by atoms with Crippen LogP contribution in [-0.4, -0.2) is 22.8 Å². The van der Waals surface area contributed by atoms with Crippen molar-refractivity contribution in [3.63, 3.8) is 0 Å². The summed E-state index contributed by atoms with van der Waals surface area (Å²) in [6.45, 7) is 9.35. The molecule has 0 bridgehead atoms. The Bertz CT molecular complexity index is 251. The molecule has 0 saturated carbocycles. The van der Waals surface area contributed by atoms with Gasteiger partial charge in [-0.2, -0.15) is 0 Å². The summed E-state index contributed by atoms with van der Waals surface area (Å²) >= 11 is 0. The van der Waals surface area contributed by atoms with Gasteiger partial charge in [0.1, 0.15) is 0 Å². The highest BCUT2D eigenvalue weighted by Crippen LogP contribution is 2.36. The molecular formula is C17H36O2Si. The van der Waals surface area contributed by atoms with Gasteiger partial charge in [0.15, 0.2) is 0 Å². The largest absolute Gasteiger partial charge is 0.466 e. The third-order valence-electron chi connectivity index (χ3n) is 4.48. The SMILES string of the molecule is CCCCCCOC(=O)C(C)([SiH3])C(C)CCCCCC. The van der Waals surface area contributed by atoms with Gasteiger partial charge in [-0.1, -0.05) is 72.6 Å². The zero-order valence-corrected chi connectivity index (χ0v) is 16.5. The lowest BCUT2D eigenvalue weighted by molar-refractivity contribution is -0.148. The lowest BCUT2D eigenvalue weighted by Gasteiger charge is -2.29. The second-order valence-electron chi connectivity index (χ2n) is 6.67. The molecule has 2 nitrogen and oxygen atoms in total. The molecular weight excluding hydrogens is 264 g/mol. The number of hydrogen-bond donors (Lipinski definition) is 0. The average molecular weight is 301 g/mol. The first-order chi connectivity index (χ1) is 9.46. The van der Waals surface area contributed by atoms with Crippen molar-refractivity contribution < 1.29 is 9.53 Å². The highest BCUT2D eigenvalue weighted by Gasteiger charge is 2.34. The summed E-state index contributed by atoms with van der Waals surface area (Å²) in [4.78, 5) is 12.2. The zero-order valence-electron chi connectivity index (χ0n) is 14.5. The number of hydrogen-bond acceptors (Lipinski definition) is 2. The Morgan fingerprint density at radius 3 is 2.15 bits per heavy atom. The van der Waals surface area contributed by atoms with Crippen molar-refractivity contribution in [2.24, 2.45) is 5.92 Å². The van der Waals surface area contributed by atoms with E-state index in [1.807, 2.05) is 0 Å². The van der Waals surface area contributed by atoms with E-state index in [0.29, 0.717) is 12.5 Å². The smallest absolute Gasteiger partial charge is 0.308 e. The van der Waals surface area contributed by atoms with E-state index in [1.165, 1.54) is 44.9 Å². The fourth-order valence-corrected chi connectivity index (χ4v) is 2.75. The molecule has 0 amide bonds. The van der Waals surface area contributed by atoms with Crippen molar-refractivity contribution in [3.05, 3.63) is 0 Å². The molecule has 0 aliphatic rings. The quantitative estimate of drug-likeness (QED) is 0.306. The third-order valence-corrected chi connectivity index (χ3v) is 5.87. The van der Waals surface area contributed by atoms with E-state index < -0.39 is 0 Å². The average Bonchev–Trinajstić information content (AvgIpc) is 2.42. The molecule has 120 valence electrons. The minimum Gasteiger partial charge on any atom is -0.466 e. The van der Waals surface area contributed by atoms with Gasteiger partial charge in [-0.3, -0.25) is 4.79 Å². The maximum absolute atomic E-state index is 12.2. The van der Waals surface area contributed by atoms with Gasteiger partial charge < -0.3 is 4.74 Å². The van der Waals surface area contributed by atoms with Crippen molar-refractivity contribution in [2.45, 2.75) is 90.5 Å². The number of unbranched alkanes of at least 4 members (excludes halogenated alkanes) is 6. The van der Waals surface area contributed by atoms with Gasteiger partial charge in [-0.05, 0) is 18.8 Å². The summed E-state index contributed by atoms with van der Waals surface area (Å²) in [6.07, 6.45) is 10.9. The topological polar surface area (TPSA) is 26.3 Å². The Labute approximate surface area is 129 Å². The van der Waals surface area contributed by atoms with E-state index in [4.69, 9.17) is 4.74 Å². The first kappa shape index (κ1) is 19.7. The zero-order chi connectivity index (χ0) is 15.4. The lowest BCUT2D eigenvalue weighted by atomic mass is 9.89. The van der Waals surface area contributed by atoms with Gasteiger partial charge in [0.05, 0.1) is 11.6 Å². The molecule has 0 N–H and O–H groups in total. The van der Waals surface area contributed by atoms with Gasteiger partial charge in [0.2, 0.25) is 0 Å². The number of ether oxygens (including phenoxy) is 1. The Balaban J connectivity index is 3.95. The molecule has 0 heterocycles. The molecule has 0 aromatic rings. The molecule has 0 aromatic heterocycles. The van der Waals surface area contributed by atoms with E-state index in [9.17, 15) is 4.79 Å². The van der Waals surface area contributed by atoms with E-state index in [0.717, 1.165) is 23.1 Å². The minimum atomic E-state index is -0.211. The number of esters is 1. The van der Waals surface area contributed by atoms with Gasteiger partial charge in [-0.25, -0.2) is 0 Å². The van der Waals surface area contributed by atoms with Crippen molar-refractivity contribution >= 4 is 16.2 Å². The maximum atomic E-state index is 12.2. The molecule has 2 unspecified atom stereocenters. The summed E-state index contributed by atoms with van der Waals surface area (Å²) in [7, 11) is 0.880. The number of rotatable bonds is 12. The maximum Gasteiger partial charge on any atom is 0.308 e. The fraction of sp³-hybridized carbons (Fsp3) is 0.941. The van der Waals surface area contributed by atoms with Crippen LogP contribution >= 0.6 is 0 Å². The van der Waals surface area contributed by atoms with Crippen LogP contribution in [-0.2, 0) is 9.53 Å². The third kappa shape index (κ3) is 8.08. The monoisotopic (exact) mass is 300 g/mol. The molecule has 0 saturated heterocycles. The molecule has 2 atom stereocenters. The predicted molar refractivity (Wildman–Crippen MR) is 91.3 cm³/mol. The van der Waals surface area contributed by atoms with Crippen molar-refractivity contribution in [2.75, 3.05) is 6.61 Å². The molecule has 0 rings (SSSR count). The van der Waals surface area contributed by atoms with Crippen LogP contribution in [0, 0.1) is 5.92 Å². The molecule has 3 heteroatoms. The van der Waals surface area contributed by atoms with Crippen LogP contribution in [0.5, 0.6) is 0 Å². The Morgan fingerprint density at radius 2 is 1.60 bits per heavy atom. The first-order valence-electron chi connectivity index (χ1n) is 8.64. The van der Waals surface area contributed by atoms with Crippen LogP contribution < -0.4 is 0 Å². The van der Waals surface area contributed by atoms with Crippen LogP contribution in [0.25, 0.3) is 0 Å². The summed E-state index contributed by atoms with van der Waals surface area (Å²) in [6, 6.07) is 0. The molecule has 0 aliphatic heterocycles. The Morgan fingerprint density at radius 1 is 1.05 bits per heavy atom. The molecule has 0 radical (unpaired) electrons. The molecule has 0 aromatic carbocycles. The second-order valence-corrected chi connectivity index (χ2v) is 8.75. The van der Waals surface area contributed by atoms with Gasteiger partial charge in [-0.15, -0.1) is 0 Å². The molecule has 0 fully saturated rings. The molecule has 0 aliphatic carbocycles. The van der Waals surface area contributed by atoms with Gasteiger partial charge >= 0.3 is 5.97 Å². The van der Waals surface area contributed by atoms with Crippen LogP contribution in [0.1, 0.15) is 85.5 Å². The summed E-state index contributed by atoms with van der Waals surface area (Å²) in [5.41, 5.74) is 0. The highest BCUT2D eigenvalue weighted by molar-refractivity contribution is 6.26. The van der Waals surface area contributed by atoms with E-state index in [-0.39, 0.29) is 11.0 Å². The molecule has 20 heavy (non-hydrogen) atoms. The Kier molecular flexibility index (Phi) is 11.2. The van der Waals surface area contributed by atoms with Crippen LogP contribution in [0.2, 0.25) is 5.04 Å². The predicted octanol–water partition coefficient (Wildman–Crippen LogP) is 4.26. The van der Waals surface area contributed by atoms with E-state index >= 15 is 0 Å². The van der Waals surface area contributed by atoms with Gasteiger partial charge in [0, 0.05) is 10.2 Å². The van der Waals surface area contributed by atoms with Crippen molar-refractivity contribution in [1.29, 1.82) is 0 Å². The van der Waals surface area contributed by atoms with Crippen molar-refractivity contribution in [3.8, 4) is 0 Å². The lowest BCUT2D eigenvalue weighted by Crippen LogP contribution is -2.30. The summed E-state index contributed by atoms with van der Waals surface area (Å²) in [5, 5.41) is -0.211. The van der Waals surface area contributed by atoms with E-state index in [1.54, 1.807) is 0 Å². The van der Waals surface area contributed by atoms with Crippen LogP contribution in [0.4, 0.5) is 0 Å². The van der Waals surface area contributed by atoms with Gasteiger partial charge in [0.25, 0.3) is 0 Å². The first-order valence-corrected chi connectivity index (χ1v) is 9.64. The van der Waals surface area contributed by atoms with Crippen molar-refractivity contribution in [1.82, 2.24) is 0 Å².